The van der Waals surface area contributed by atoms with Crippen LogP contribution in [0.5, 0.6) is 0 Å². The number of nitriles is 1. The lowest BCUT2D eigenvalue weighted by atomic mass is 10.2. The molecule has 0 unspecified atom stereocenters. The molecule has 2 saturated heterocycles. The van der Waals surface area contributed by atoms with E-state index in [-0.39, 0.29) is 11.5 Å². The van der Waals surface area contributed by atoms with Crippen LogP contribution >= 0.6 is 11.6 Å². The van der Waals surface area contributed by atoms with Crippen LogP contribution in [0.4, 0.5) is 5.69 Å². The van der Waals surface area contributed by atoms with Gasteiger partial charge in [0.1, 0.15) is 11.6 Å². The third-order valence-electron chi connectivity index (χ3n) is 4.98. The summed E-state index contributed by atoms with van der Waals surface area (Å²) in [5, 5.41) is 12.9. The minimum atomic E-state index is -0.312. The standard InChI is InChI=1S/C20H26ClN5O2/c21-18-2-1-3-19(14-18)26-8-6-25(7-9-26)16-17(15-22)20(27)23-4-5-24-10-12-28-13-11-24/h1-3,14,16H,4-13H2,(H,23,27)/b17-16-. The van der Waals surface area contributed by atoms with Crippen LogP contribution in [0.3, 0.4) is 0 Å². The van der Waals surface area contributed by atoms with Crippen molar-refractivity contribution < 1.29 is 9.53 Å². The Balaban J connectivity index is 1.46. The van der Waals surface area contributed by atoms with Crippen LogP contribution < -0.4 is 10.2 Å². The van der Waals surface area contributed by atoms with Gasteiger partial charge in [0.2, 0.25) is 0 Å². The van der Waals surface area contributed by atoms with Crippen molar-refractivity contribution in [3.8, 4) is 6.07 Å². The van der Waals surface area contributed by atoms with Gasteiger partial charge in [0.05, 0.1) is 13.2 Å². The summed E-state index contributed by atoms with van der Waals surface area (Å²) in [6, 6.07) is 9.83. The SMILES string of the molecule is N#C/C(=C/N1CCN(c2cccc(Cl)c2)CC1)C(=O)NCCN1CCOCC1. The van der Waals surface area contributed by atoms with Crippen molar-refractivity contribution in [2.75, 3.05) is 70.5 Å². The smallest absolute Gasteiger partial charge is 0.263 e. The second-order valence-electron chi connectivity index (χ2n) is 6.87. The third-order valence-corrected chi connectivity index (χ3v) is 5.22. The second kappa shape index (κ2) is 10.3. The Morgan fingerprint density at radius 2 is 1.96 bits per heavy atom. The highest BCUT2D eigenvalue weighted by atomic mass is 35.5. The van der Waals surface area contributed by atoms with Gasteiger partial charge in [0.25, 0.3) is 5.91 Å². The fourth-order valence-electron chi connectivity index (χ4n) is 3.35. The first-order valence-corrected chi connectivity index (χ1v) is 9.98. The van der Waals surface area contributed by atoms with E-state index in [9.17, 15) is 10.1 Å². The second-order valence-corrected chi connectivity index (χ2v) is 7.30. The summed E-state index contributed by atoms with van der Waals surface area (Å²) in [4.78, 5) is 18.8. The molecule has 1 N–H and O–H groups in total. The van der Waals surface area contributed by atoms with E-state index in [2.05, 4.69) is 15.1 Å². The number of benzene rings is 1. The largest absolute Gasteiger partial charge is 0.379 e. The van der Waals surface area contributed by atoms with Gasteiger partial charge in [0.15, 0.2) is 0 Å². The van der Waals surface area contributed by atoms with E-state index in [1.54, 1.807) is 6.20 Å². The molecule has 2 heterocycles. The van der Waals surface area contributed by atoms with Crippen LogP contribution in [-0.2, 0) is 9.53 Å². The molecular formula is C20H26ClN5O2. The Labute approximate surface area is 171 Å². The Bertz CT molecular complexity index is 734. The monoisotopic (exact) mass is 403 g/mol. The summed E-state index contributed by atoms with van der Waals surface area (Å²) in [7, 11) is 0. The van der Waals surface area contributed by atoms with Gasteiger partial charge in [-0.2, -0.15) is 5.26 Å². The molecule has 0 aliphatic carbocycles. The first kappa shape index (κ1) is 20.5. The maximum Gasteiger partial charge on any atom is 0.263 e. The molecule has 2 aliphatic rings. The van der Waals surface area contributed by atoms with Crippen LogP contribution in [-0.4, -0.2) is 81.3 Å². The van der Waals surface area contributed by atoms with Crippen molar-refractivity contribution in [2.45, 2.75) is 0 Å². The van der Waals surface area contributed by atoms with Gasteiger partial charge in [-0.25, -0.2) is 0 Å². The van der Waals surface area contributed by atoms with E-state index in [0.29, 0.717) is 6.54 Å². The third kappa shape index (κ3) is 5.86. The summed E-state index contributed by atoms with van der Waals surface area (Å²) in [6.45, 7) is 7.66. The molecule has 3 rings (SSSR count). The number of hydrogen-bond donors (Lipinski definition) is 1. The van der Waals surface area contributed by atoms with Crippen LogP contribution in [0.2, 0.25) is 5.02 Å². The molecule has 1 amide bonds. The summed E-state index contributed by atoms with van der Waals surface area (Å²) in [5.41, 5.74) is 1.25. The summed E-state index contributed by atoms with van der Waals surface area (Å²) < 4.78 is 5.31. The van der Waals surface area contributed by atoms with Crippen LogP contribution in [0.25, 0.3) is 0 Å². The number of morpholine rings is 1. The number of anilines is 1. The molecule has 2 fully saturated rings. The average Bonchev–Trinajstić information content (AvgIpc) is 2.73. The molecule has 1 aromatic rings. The normalized spacial score (nSPS) is 18.6. The molecular weight excluding hydrogens is 378 g/mol. The predicted octanol–water partition coefficient (Wildman–Crippen LogP) is 1.32. The lowest BCUT2D eigenvalue weighted by molar-refractivity contribution is -0.117. The highest BCUT2D eigenvalue weighted by Gasteiger charge is 2.18. The van der Waals surface area contributed by atoms with Crippen molar-refractivity contribution in [3.05, 3.63) is 41.1 Å². The fraction of sp³-hybridized carbons (Fsp3) is 0.500. The van der Waals surface area contributed by atoms with Gasteiger partial charge in [-0.3, -0.25) is 9.69 Å². The van der Waals surface area contributed by atoms with Crippen molar-refractivity contribution in [3.63, 3.8) is 0 Å². The van der Waals surface area contributed by atoms with E-state index >= 15 is 0 Å². The average molecular weight is 404 g/mol. The highest BCUT2D eigenvalue weighted by molar-refractivity contribution is 6.30. The molecule has 8 heteroatoms. The van der Waals surface area contributed by atoms with Gasteiger partial charge < -0.3 is 19.9 Å². The number of ether oxygens (including phenoxy) is 1. The zero-order valence-corrected chi connectivity index (χ0v) is 16.7. The van der Waals surface area contributed by atoms with E-state index < -0.39 is 0 Å². The van der Waals surface area contributed by atoms with Crippen LogP contribution in [0.15, 0.2) is 36.0 Å². The molecule has 1 aromatic carbocycles. The number of nitrogens with one attached hydrogen (secondary N) is 1. The summed E-state index contributed by atoms with van der Waals surface area (Å²) in [5.74, 6) is -0.312. The Morgan fingerprint density at radius 3 is 2.64 bits per heavy atom. The minimum absolute atomic E-state index is 0.151. The van der Waals surface area contributed by atoms with Gasteiger partial charge in [-0.1, -0.05) is 17.7 Å². The zero-order chi connectivity index (χ0) is 19.8. The number of nitrogens with zero attached hydrogens (tertiary/aromatic N) is 4. The predicted molar refractivity (Wildman–Crippen MR) is 109 cm³/mol. The molecule has 28 heavy (non-hydrogen) atoms. The number of halogens is 1. The Hall–Kier alpha value is -2.27. The van der Waals surface area contributed by atoms with Crippen molar-refractivity contribution in [1.29, 1.82) is 5.26 Å². The van der Waals surface area contributed by atoms with Gasteiger partial charge >= 0.3 is 0 Å². The Morgan fingerprint density at radius 1 is 1.21 bits per heavy atom. The summed E-state index contributed by atoms with van der Waals surface area (Å²) in [6.07, 6.45) is 1.68. The number of carbonyl (C=O) groups excluding carboxylic acids is 1. The van der Waals surface area contributed by atoms with Gasteiger partial charge in [-0.15, -0.1) is 0 Å². The van der Waals surface area contributed by atoms with E-state index in [1.807, 2.05) is 35.2 Å². The zero-order valence-electron chi connectivity index (χ0n) is 15.9. The summed E-state index contributed by atoms with van der Waals surface area (Å²) >= 11 is 6.07. The molecule has 0 bridgehead atoms. The topological polar surface area (TPSA) is 71.8 Å². The molecule has 150 valence electrons. The molecule has 0 spiro atoms. The number of hydrogen-bond acceptors (Lipinski definition) is 6. The van der Waals surface area contributed by atoms with E-state index in [1.165, 1.54) is 0 Å². The molecule has 0 radical (unpaired) electrons. The first-order valence-electron chi connectivity index (χ1n) is 9.60. The molecule has 0 atom stereocenters. The lowest BCUT2D eigenvalue weighted by Gasteiger charge is -2.35. The number of carbonyl (C=O) groups is 1. The van der Waals surface area contributed by atoms with Gasteiger partial charge in [-0.05, 0) is 18.2 Å². The maximum atomic E-state index is 12.3. The van der Waals surface area contributed by atoms with Crippen molar-refractivity contribution in [2.24, 2.45) is 0 Å². The Kier molecular flexibility index (Phi) is 7.54. The lowest BCUT2D eigenvalue weighted by Crippen LogP contribution is -2.44. The molecule has 7 nitrogen and oxygen atoms in total. The fourth-order valence-corrected chi connectivity index (χ4v) is 3.53. The van der Waals surface area contributed by atoms with Crippen LogP contribution in [0, 0.1) is 11.3 Å². The maximum absolute atomic E-state index is 12.3. The van der Waals surface area contributed by atoms with Crippen molar-refractivity contribution in [1.82, 2.24) is 15.1 Å². The number of rotatable bonds is 6. The highest BCUT2D eigenvalue weighted by Crippen LogP contribution is 2.21. The van der Waals surface area contributed by atoms with E-state index in [0.717, 1.165) is 69.7 Å². The molecule has 0 aromatic heterocycles. The first-order chi connectivity index (χ1) is 13.7. The quantitative estimate of drug-likeness (QED) is 0.570. The number of amides is 1. The van der Waals surface area contributed by atoms with Gasteiger partial charge in [0, 0.05) is 69.3 Å². The minimum Gasteiger partial charge on any atom is -0.379 e. The van der Waals surface area contributed by atoms with E-state index in [4.69, 9.17) is 16.3 Å². The van der Waals surface area contributed by atoms with Crippen molar-refractivity contribution >= 4 is 23.2 Å². The van der Waals surface area contributed by atoms with Crippen LogP contribution in [0.1, 0.15) is 0 Å². The molecule has 0 saturated carbocycles. The number of piperazine rings is 1. The molecule has 2 aliphatic heterocycles.